The first-order valence-electron chi connectivity index (χ1n) is 14.8. The first kappa shape index (κ1) is 31.6. The van der Waals surface area contributed by atoms with Gasteiger partial charge in [-0.2, -0.15) is 0 Å². The highest BCUT2D eigenvalue weighted by Gasteiger charge is 2.34. The molecule has 0 radical (unpaired) electrons. The van der Waals surface area contributed by atoms with Crippen LogP contribution in [0.4, 0.5) is 0 Å². The van der Waals surface area contributed by atoms with Crippen molar-refractivity contribution in [3.63, 3.8) is 0 Å². The number of ether oxygens (including phenoxy) is 4. The lowest BCUT2D eigenvalue weighted by Gasteiger charge is -2.40. The van der Waals surface area contributed by atoms with E-state index in [2.05, 4.69) is 87.4 Å². The van der Waals surface area contributed by atoms with Gasteiger partial charge in [-0.3, -0.25) is 4.90 Å². The normalized spacial score (nSPS) is 13.7. The van der Waals surface area contributed by atoms with Gasteiger partial charge in [-0.1, -0.05) is 18.1 Å². The fourth-order valence-corrected chi connectivity index (χ4v) is 5.77. The number of benzene rings is 3. The highest BCUT2D eigenvalue weighted by atomic mass is 16.5. The van der Waals surface area contributed by atoms with Gasteiger partial charge in [-0.25, -0.2) is 0 Å². The number of methoxy groups -OCH3 is 3. The quantitative estimate of drug-likeness (QED) is 0.270. The van der Waals surface area contributed by atoms with Crippen LogP contribution in [0.2, 0.25) is 0 Å². The minimum atomic E-state index is 0.311. The van der Waals surface area contributed by atoms with E-state index in [1.807, 2.05) is 30.3 Å². The Morgan fingerprint density at radius 2 is 1.54 bits per heavy atom. The average molecular weight is 607 g/mol. The molecule has 0 aliphatic carbocycles. The number of nitrogens with zero attached hydrogens (tertiary/aromatic N) is 1. The standard InChI is InChI=1S/C29H30N2O4.C11H4/c1-32-20-6-4-18(5-7-20)17-35-29-15-22-19(12-28(29)34-3)10-11-31-16-26-24(14-27(22)31)23-13-21(33-2)8-9-25(23)30-26;1-3-5-7-9-11-10-8-6-4-2/h4-9,12-13,15,27,30H,10-11,14,16-17H2,1-3H3;1H,2H3. The zero-order valence-electron chi connectivity index (χ0n) is 26.5. The van der Waals surface area contributed by atoms with Gasteiger partial charge in [0.15, 0.2) is 11.5 Å². The largest absolute Gasteiger partial charge is 0.497 e. The van der Waals surface area contributed by atoms with Crippen LogP contribution >= 0.6 is 0 Å². The molecule has 3 aromatic carbocycles. The van der Waals surface area contributed by atoms with Gasteiger partial charge in [0.25, 0.3) is 0 Å². The van der Waals surface area contributed by atoms with Crippen molar-refractivity contribution in [2.75, 3.05) is 27.9 Å². The van der Waals surface area contributed by atoms with Gasteiger partial charge in [0.1, 0.15) is 18.1 Å². The Morgan fingerprint density at radius 3 is 2.24 bits per heavy atom. The Hall–Kier alpha value is -5.84. The van der Waals surface area contributed by atoms with Gasteiger partial charge >= 0.3 is 0 Å². The SMILES string of the molecule is C#CC#CC#CC#CC#CC.COc1ccc(COc2cc3c(cc2OC)CCN2Cc4[nH]c5ccc(OC)cc5c4CC32)cc1. The summed E-state index contributed by atoms with van der Waals surface area (Å²) < 4.78 is 22.8. The second-order valence-electron chi connectivity index (χ2n) is 10.5. The lowest BCUT2D eigenvalue weighted by Crippen LogP contribution is -2.39. The summed E-state index contributed by atoms with van der Waals surface area (Å²) >= 11 is 0. The molecule has 3 heterocycles. The van der Waals surface area contributed by atoms with Gasteiger partial charge < -0.3 is 23.9 Å². The summed E-state index contributed by atoms with van der Waals surface area (Å²) in [6, 6.07) is 18.9. The summed E-state index contributed by atoms with van der Waals surface area (Å²) in [4.78, 5) is 6.23. The molecule has 6 rings (SSSR count). The molecular weight excluding hydrogens is 572 g/mol. The molecule has 228 valence electrons. The number of rotatable bonds is 6. The lowest BCUT2D eigenvalue weighted by atomic mass is 9.85. The summed E-state index contributed by atoms with van der Waals surface area (Å²) in [5, 5.41) is 1.26. The molecule has 0 saturated heterocycles. The van der Waals surface area contributed by atoms with Crippen molar-refractivity contribution < 1.29 is 18.9 Å². The summed E-state index contributed by atoms with van der Waals surface area (Å²) in [6.45, 7) is 4.13. The predicted molar refractivity (Wildman–Crippen MR) is 181 cm³/mol. The molecule has 1 N–H and O–H groups in total. The highest BCUT2D eigenvalue weighted by Crippen LogP contribution is 2.44. The van der Waals surface area contributed by atoms with Crippen molar-refractivity contribution in [2.24, 2.45) is 0 Å². The maximum absolute atomic E-state index is 6.28. The van der Waals surface area contributed by atoms with Crippen LogP contribution in [0.3, 0.4) is 0 Å². The number of hydrogen-bond donors (Lipinski definition) is 1. The molecule has 0 spiro atoms. The Kier molecular flexibility index (Phi) is 10.5. The maximum Gasteiger partial charge on any atom is 0.162 e. The summed E-state index contributed by atoms with van der Waals surface area (Å²) in [7, 11) is 5.11. The molecule has 6 nitrogen and oxygen atoms in total. The Morgan fingerprint density at radius 1 is 0.826 bits per heavy atom. The molecule has 2 aliphatic heterocycles. The van der Waals surface area contributed by atoms with Crippen LogP contribution in [0.25, 0.3) is 10.9 Å². The van der Waals surface area contributed by atoms with Crippen LogP contribution in [0, 0.1) is 59.7 Å². The molecular formula is C40H34N2O4. The molecule has 2 aliphatic rings. The van der Waals surface area contributed by atoms with E-state index in [9.17, 15) is 0 Å². The lowest BCUT2D eigenvalue weighted by molar-refractivity contribution is 0.158. The van der Waals surface area contributed by atoms with E-state index in [0.29, 0.717) is 12.6 Å². The molecule has 0 saturated carbocycles. The third-order valence-electron chi connectivity index (χ3n) is 7.98. The molecule has 0 fully saturated rings. The van der Waals surface area contributed by atoms with Crippen LogP contribution in [0.1, 0.15) is 40.9 Å². The van der Waals surface area contributed by atoms with Crippen LogP contribution in [-0.2, 0) is 26.0 Å². The third kappa shape index (κ3) is 7.27. The van der Waals surface area contributed by atoms with Crippen LogP contribution in [-0.4, -0.2) is 37.8 Å². The average Bonchev–Trinajstić information content (AvgIpc) is 3.46. The number of hydrogen-bond acceptors (Lipinski definition) is 5. The fraction of sp³-hybridized carbons (Fsp3) is 0.250. The summed E-state index contributed by atoms with van der Waals surface area (Å²) in [5.41, 5.74) is 7.66. The monoisotopic (exact) mass is 606 g/mol. The number of H-pyrrole nitrogens is 1. The van der Waals surface area contributed by atoms with Crippen molar-refractivity contribution in [3.8, 4) is 82.7 Å². The molecule has 6 heteroatoms. The predicted octanol–water partition coefficient (Wildman–Crippen LogP) is 6.08. The van der Waals surface area contributed by atoms with Gasteiger partial charge in [0.2, 0.25) is 0 Å². The topological polar surface area (TPSA) is 56.0 Å². The van der Waals surface area contributed by atoms with E-state index >= 15 is 0 Å². The minimum absolute atomic E-state index is 0.311. The summed E-state index contributed by atoms with van der Waals surface area (Å²) in [5.74, 6) is 25.3. The Bertz CT molecular complexity index is 2020. The van der Waals surface area contributed by atoms with Crippen molar-refractivity contribution in [1.82, 2.24) is 9.88 Å². The van der Waals surface area contributed by atoms with Crippen LogP contribution in [0.5, 0.6) is 23.0 Å². The first-order valence-corrected chi connectivity index (χ1v) is 14.8. The first-order chi connectivity index (χ1) is 22.6. The van der Waals surface area contributed by atoms with E-state index in [1.54, 1.807) is 28.3 Å². The van der Waals surface area contributed by atoms with Crippen LogP contribution < -0.4 is 18.9 Å². The number of aromatic amines is 1. The second kappa shape index (κ2) is 15.2. The molecule has 1 atom stereocenters. The Balaban J connectivity index is 0.000000327. The number of aromatic nitrogens is 1. The second-order valence-corrected chi connectivity index (χ2v) is 10.5. The van der Waals surface area contributed by atoms with E-state index in [-0.39, 0.29) is 0 Å². The van der Waals surface area contributed by atoms with Gasteiger partial charge in [-0.05, 0) is 132 Å². The molecule has 0 bridgehead atoms. The van der Waals surface area contributed by atoms with Crippen LogP contribution in [0.15, 0.2) is 54.6 Å². The van der Waals surface area contributed by atoms with E-state index in [4.69, 9.17) is 25.4 Å². The smallest absolute Gasteiger partial charge is 0.162 e. The summed E-state index contributed by atoms with van der Waals surface area (Å²) in [6.07, 6.45) is 6.80. The zero-order chi connectivity index (χ0) is 32.3. The van der Waals surface area contributed by atoms with Crippen molar-refractivity contribution in [1.29, 1.82) is 0 Å². The van der Waals surface area contributed by atoms with Crippen molar-refractivity contribution in [2.45, 2.75) is 39.0 Å². The Labute approximate surface area is 271 Å². The number of fused-ring (bicyclic) bond motifs is 6. The van der Waals surface area contributed by atoms with Gasteiger partial charge in [0.05, 0.1) is 21.3 Å². The maximum atomic E-state index is 6.28. The molecule has 0 amide bonds. The number of nitrogens with one attached hydrogen (secondary N) is 1. The van der Waals surface area contributed by atoms with E-state index in [0.717, 1.165) is 54.5 Å². The fourth-order valence-electron chi connectivity index (χ4n) is 5.77. The molecule has 1 unspecified atom stereocenters. The third-order valence-corrected chi connectivity index (χ3v) is 7.98. The highest BCUT2D eigenvalue weighted by molar-refractivity contribution is 5.86. The zero-order valence-corrected chi connectivity index (χ0v) is 26.5. The van der Waals surface area contributed by atoms with Gasteiger partial charge in [0, 0.05) is 35.7 Å². The van der Waals surface area contributed by atoms with E-state index < -0.39 is 0 Å². The van der Waals surface area contributed by atoms with Gasteiger partial charge in [-0.15, -0.1) is 6.42 Å². The molecule has 4 aromatic rings. The molecule has 46 heavy (non-hydrogen) atoms. The van der Waals surface area contributed by atoms with Crippen molar-refractivity contribution in [3.05, 3.63) is 82.5 Å². The molecule has 1 aromatic heterocycles. The van der Waals surface area contributed by atoms with Crippen molar-refractivity contribution >= 4 is 10.9 Å². The number of terminal acetylenes is 1. The minimum Gasteiger partial charge on any atom is -0.497 e. The van der Waals surface area contributed by atoms with E-state index in [1.165, 1.54) is 33.3 Å².